The molecule has 6 heteroatoms. The second-order valence-corrected chi connectivity index (χ2v) is 13.7. The highest BCUT2D eigenvalue weighted by Crippen LogP contribution is 2.39. The second kappa shape index (κ2) is 15.4. The molecule has 3 heterocycles. The molecule has 2 aliphatic rings. The van der Waals surface area contributed by atoms with E-state index < -0.39 is 6.10 Å². The standard InChI is InChI=1S/C37H50N4O2.C2H6/c1-7-12-27-29(34(42)8-2)21-33-35-31(23-41(33)36(27)43)30(28-19-24-13-10-14-25(24)20-32(28)40-35)22-39-26(16-18-38-9-3)15-11-17-37(4,5)6;1-2/h8-9,19-21,26,34,38-39,42H,2-3,7,10-18,22-23H2,1,4-6H3;1-2H3. The molecule has 0 amide bonds. The van der Waals surface area contributed by atoms with Gasteiger partial charge in [0, 0.05) is 35.6 Å². The minimum Gasteiger partial charge on any atom is -0.391 e. The van der Waals surface area contributed by atoms with Crippen molar-refractivity contribution in [3.05, 3.63) is 87.4 Å². The van der Waals surface area contributed by atoms with E-state index in [2.05, 4.69) is 63.6 Å². The summed E-state index contributed by atoms with van der Waals surface area (Å²) in [5.41, 5.74) is 9.51. The summed E-state index contributed by atoms with van der Waals surface area (Å²) in [5, 5.41) is 19.2. The smallest absolute Gasteiger partial charge is 0.254 e. The first-order valence-corrected chi connectivity index (χ1v) is 17.3. The van der Waals surface area contributed by atoms with Crippen LogP contribution in [0.1, 0.15) is 120 Å². The molecular formula is C39H56N4O2. The van der Waals surface area contributed by atoms with E-state index in [1.807, 2.05) is 24.5 Å². The van der Waals surface area contributed by atoms with Gasteiger partial charge in [-0.25, -0.2) is 4.98 Å². The van der Waals surface area contributed by atoms with E-state index in [1.54, 1.807) is 6.20 Å². The van der Waals surface area contributed by atoms with Gasteiger partial charge in [-0.05, 0) is 97.0 Å². The topological polar surface area (TPSA) is 79.2 Å². The quantitative estimate of drug-likeness (QED) is 0.0996. The predicted octanol–water partition coefficient (Wildman–Crippen LogP) is 7.91. The van der Waals surface area contributed by atoms with Crippen molar-refractivity contribution in [3.8, 4) is 11.4 Å². The van der Waals surface area contributed by atoms with Gasteiger partial charge in [0.2, 0.25) is 0 Å². The van der Waals surface area contributed by atoms with Crippen LogP contribution in [0.3, 0.4) is 0 Å². The maximum Gasteiger partial charge on any atom is 0.254 e. The molecular weight excluding hydrogens is 556 g/mol. The van der Waals surface area contributed by atoms with Crippen molar-refractivity contribution >= 4 is 10.9 Å². The molecule has 1 aliphatic heterocycles. The first kappa shape index (κ1) is 34.6. The van der Waals surface area contributed by atoms with Crippen LogP contribution in [-0.4, -0.2) is 27.2 Å². The molecule has 1 aromatic carbocycles. The third-order valence-corrected chi connectivity index (χ3v) is 9.28. The Morgan fingerprint density at radius 3 is 2.49 bits per heavy atom. The number of aromatic nitrogens is 2. The monoisotopic (exact) mass is 612 g/mol. The average Bonchev–Trinajstić information content (AvgIpc) is 3.63. The van der Waals surface area contributed by atoms with Crippen molar-refractivity contribution in [1.29, 1.82) is 0 Å². The Hall–Kier alpha value is -3.22. The van der Waals surface area contributed by atoms with Gasteiger partial charge in [-0.2, -0.15) is 0 Å². The highest BCUT2D eigenvalue weighted by atomic mass is 16.3. The van der Waals surface area contributed by atoms with Gasteiger partial charge in [-0.15, -0.1) is 6.58 Å². The van der Waals surface area contributed by atoms with Crippen LogP contribution in [0.2, 0.25) is 0 Å². The molecule has 3 N–H and O–H groups in total. The Balaban J connectivity index is 0.00000226. The molecule has 0 saturated carbocycles. The first-order valence-electron chi connectivity index (χ1n) is 17.3. The van der Waals surface area contributed by atoms with Crippen LogP contribution in [0.25, 0.3) is 22.3 Å². The zero-order valence-electron chi connectivity index (χ0n) is 28.7. The second-order valence-electron chi connectivity index (χ2n) is 13.7. The lowest BCUT2D eigenvalue weighted by atomic mass is 9.88. The van der Waals surface area contributed by atoms with Crippen molar-refractivity contribution in [1.82, 2.24) is 20.2 Å². The number of hydrogen-bond donors (Lipinski definition) is 3. The fourth-order valence-corrected chi connectivity index (χ4v) is 6.97. The molecule has 244 valence electrons. The van der Waals surface area contributed by atoms with Gasteiger partial charge < -0.3 is 20.3 Å². The van der Waals surface area contributed by atoms with E-state index in [-0.39, 0.29) is 5.56 Å². The van der Waals surface area contributed by atoms with Gasteiger partial charge >= 0.3 is 0 Å². The Morgan fingerprint density at radius 2 is 1.82 bits per heavy atom. The van der Waals surface area contributed by atoms with E-state index in [1.165, 1.54) is 47.4 Å². The SMILES string of the molecule is C=CNCCC(CCCC(C)(C)C)NCc1c2c(nc3cc4c(cc13)CCC4)-c1cc(C(O)C=C)c(CCC)c(=O)n1C2.CC. The number of nitrogens with one attached hydrogen (secondary N) is 2. The molecule has 2 aromatic heterocycles. The van der Waals surface area contributed by atoms with Crippen LogP contribution < -0.4 is 16.2 Å². The van der Waals surface area contributed by atoms with Gasteiger partial charge in [0.25, 0.3) is 5.56 Å². The molecule has 6 nitrogen and oxygen atoms in total. The summed E-state index contributed by atoms with van der Waals surface area (Å²) >= 11 is 0. The molecule has 0 saturated heterocycles. The largest absolute Gasteiger partial charge is 0.391 e. The Kier molecular flexibility index (Phi) is 11.8. The molecule has 0 fully saturated rings. The van der Waals surface area contributed by atoms with Crippen LogP contribution in [0.5, 0.6) is 0 Å². The minimum atomic E-state index is -0.882. The molecule has 1 aliphatic carbocycles. The highest BCUT2D eigenvalue weighted by molar-refractivity contribution is 5.89. The Labute approximate surface area is 271 Å². The molecule has 3 aromatic rings. The van der Waals surface area contributed by atoms with Crippen molar-refractivity contribution in [2.45, 2.75) is 125 Å². The van der Waals surface area contributed by atoms with E-state index in [0.29, 0.717) is 35.5 Å². The van der Waals surface area contributed by atoms with E-state index in [4.69, 9.17) is 4.98 Å². The van der Waals surface area contributed by atoms with E-state index in [9.17, 15) is 9.90 Å². The molecule has 2 unspecified atom stereocenters. The number of fused-ring (bicyclic) bond motifs is 5. The number of aliphatic hydroxyl groups excluding tert-OH is 1. The maximum absolute atomic E-state index is 13.9. The van der Waals surface area contributed by atoms with Gasteiger partial charge in [-0.3, -0.25) is 4.79 Å². The Bertz CT molecular complexity index is 1560. The number of aliphatic hydroxyl groups is 1. The Morgan fingerprint density at radius 1 is 1.09 bits per heavy atom. The molecule has 45 heavy (non-hydrogen) atoms. The van der Waals surface area contributed by atoms with Crippen LogP contribution in [0, 0.1) is 5.41 Å². The number of aryl methyl sites for hydroxylation is 2. The third kappa shape index (κ3) is 7.78. The lowest BCUT2D eigenvalue weighted by molar-refractivity contribution is 0.227. The van der Waals surface area contributed by atoms with Gasteiger partial charge in [0.1, 0.15) is 0 Å². The van der Waals surface area contributed by atoms with Crippen molar-refractivity contribution < 1.29 is 5.11 Å². The number of nitrogens with zero attached hydrogens (tertiary/aromatic N) is 2. The maximum atomic E-state index is 13.9. The predicted molar refractivity (Wildman–Crippen MR) is 190 cm³/mol. The lowest BCUT2D eigenvalue weighted by Gasteiger charge is -2.23. The molecule has 0 bridgehead atoms. The lowest BCUT2D eigenvalue weighted by Crippen LogP contribution is -2.32. The third-order valence-electron chi connectivity index (χ3n) is 9.28. The molecule has 0 spiro atoms. The molecule has 2 atom stereocenters. The molecule has 5 rings (SSSR count). The van der Waals surface area contributed by atoms with Gasteiger partial charge in [0.15, 0.2) is 0 Å². The average molecular weight is 613 g/mol. The van der Waals surface area contributed by atoms with E-state index >= 15 is 0 Å². The first-order chi connectivity index (χ1) is 21.6. The van der Waals surface area contributed by atoms with Crippen LogP contribution >= 0.6 is 0 Å². The number of hydrogen-bond acceptors (Lipinski definition) is 5. The summed E-state index contributed by atoms with van der Waals surface area (Å²) in [7, 11) is 0. The van der Waals surface area contributed by atoms with Gasteiger partial charge in [-0.1, -0.05) is 67.0 Å². The summed E-state index contributed by atoms with van der Waals surface area (Å²) in [6.45, 7) is 22.7. The summed E-state index contributed by atoms with van der Waals surface area (Å²) in [6, 6.07) is 7.00. The van der Waals surface area contributed by atoms with Gasteiger partial charge in [0.05, 0.1) is 29.6 Å². The van der Waals surface area contributed by atoms with E-state index in [0.717, 1.165) is 67.7 Å². The number of pyridine rings is 2. The van der Waals surface area contributed by atoms with Crippen LogP contribution in [0.15, 0.2) is 48.4 Å². The zero-order valence-corrected chi connectivity index (χ0v) is 28.7. The van der Waals surface area contributed by atoms with Crippen molar-refractivity contribution in [2.24, 2.45) is 5.41 Å². The van der Waals surface area contributed by atoms with Crippen molar-refractivity contribution in [3.63, 3.8) is 0 Å². The summed E-state index contributed by atoms with van der Waals surface area (Å²) in [5.74, 6) is 0. The fraction of sp³-hybridized carbons (Fsp3) is 0.538. The zero-order chi connectivity index (χ0) is 32.7. The highest BCUT2D eigenvalue weighted by Gasteiger charge is 2.30. The van der Waals surface area contributed by atoms with Crippen LogP contribution in [0.4, 0.5) is 0 Å². The minimum absolute atomic E-state index is 0.0192. The summed E-state index contributed by atoms with van der Waals surface area (Å²) in [4.78, 5) is 19.1. The number of rotatable bonds is 14. The van der Waals surface area contributed by atoms with Crippen LogP contribution in [-0.2, 0) is 32.4 Å². The normalized spacial score (nSPS) is 14.6. The number of benzene rings is 1. The summed E-state index contributed by atoms with van der Waals surface area (Å²) in [6.07, 6.45) is 11.7. The summed E-state index contributed by atoms with van der Waals surface area (Å²) < 4.78 is 1.88. The fourth-order valence-electron chi connectivity index (χ4n) is 6.97. The molecule has 0 radical (unpaired) electrons. The van der Waals surface area contributed by atoms with Crippen molar-refractivity contribution in [2.75, 3.05) is 6.54 Å².